The van der Waals surface area contributed by atoms with Crippen LogP contribution < -0.4 is 10.1 Å². The van der Waals surface area contributed by atoms with Gasteiger partial charge in [0.05, 0.1) is 26.1 Å². The molecule has 136 valence electrons. The average Bonchev–Trinajstić information content (AvgIpc) is 2.65. The minimum atomic E-state index is -1.05. The lowest BCUT2D eigenvalue weighted by molar-refractivity contribution is -0.150. The normalized spacial score (nSPS) is 21.0. The summed E-state index contributed by atoms with van der Waals surface area (Å²) in [5.74, 6) is -3.02. The molecular weight excluding hydrogens is 326 g/mol. The number of carboxylic acid groups (broad SMARTS) is 1. The van der Waals surface area contributed by atoms with Crippen molar-refractivity contribution in [1.29, 1.82) is 0 Å². The molecule has 0 bridgehead atoms. The number of carboxylic acids is 1. The number of carbonyl (C=O) groups is 3. The second kappa shape index (κ2) is 8.50. The van der Waals surface area contributed by atoms with Crippen LogP contribution in [0.4, 0.5) is 0 Å². The third-order valence-corrected chi connectivity index (χ3v) is 4.59. The fourth-order valence-corrected chi connectivity index (χ4v) is 3.28. The molecule has 1 fully saturated rings. The molecule has 1 aromatic rings. The maximum atomic E-state index is 12.7. The molecule has 3 atom stereocenters. The Morgan fingerprint density at radius 1 is 1.12 bits per heavy atom. The molecule has 25 heavy (non-hydrogen) atoms. The molecule has 7 nitrogen and oxygen atoms in total. The molecule has 0 unspecified atom stereocenters. The van der Waals surface area contributed by atoms with Crippen LogP contribution in [0.2, 0.25) is 0 Å². The summed E-state index contributed by atoms with van der Waals surface area (Å²) in [6, 6.07) is 5.76. The van der Waals surface area contributed by atoms with E-state index in [1.807, 2.05) is 0 Å². The number of esters is 1. The van der Waals surface area contributed by atoms with Crippen molar-refractivity contribution in [3.63, 3.8) is 0 Å². The van der Waals surface area contributed by atoms with E-state index in [1.165, 1.54) is 14.2 Å². The number of hydrogen-bond donors (Lipinski definition) is 2. The summed E-state index contributed by atoms with van der Waals surface area (Å²) < 4.78 is 10.1. The van der Waals surface area contributed by atoms with Crippen molar-refractivity contribution in [1.82, 2.24) is 5.32 Å². The van der Waals surface area contributed by atoms with Crippen molar-refractivity contribution in [2.24, 2.45) is 11.8 Å². The highest BCUT2D eigenvalue weighted by Crippen LogP contribution is 2.32. The van der Waals surface area contributed by atoms with Crippen LogP contribution >= 0.6 is 0 Å². The summed E-state index contributed by atoms with van der Waals surface area (Å²) in [5, 5.41) is 12.0. The van der Waals surface area contributed by atoms with E-state index < -0.39 is 35.7 Å². The van der Waals surface area contributed by atoms with Gasteiger partial charge >= 0.3 is 11.9 Å². The van der Waals surface area contributed by atoms with E-state index in [0.29, 0.717) is 24.2 Å². The van der Waals surface area contributed by atoms with Crippen molar-refractivity contribution < 1.29 is 29.0 Å². The van der Waals surface area contributed by atoms with E-state index in [-0.39, 0.29) is 0 Å². The number of benzene rings is 1. The highest BCUT2D eigenvalue weighted by Gasteiger charge is 2.38. The molecule has 1 aliphatic carbocycles. The number of nitrogens with one attached hydrogen (secondary N) is 1. The molecule has 0 spiro atoms. The Morgan fingerprint density at radius 2 is 1.76 bits per heavy atom. The molecule has 1 saturated carbocycles. The molecule has 2 rings (SSSR count). The Bertz CT molecular complexity index is 644. The SMILES string of the molecule is COC(=O)[C@@H](NC(=O)[C@H]1CCCC[C@@H]1C(=O)O)c1ccccc1OC. The standard InChI is InChI=1S/C18H23NO6/c1-24-14-10-6-5-9-13(14)15(18(23)25-2)19-16(20)11-7-3-4-8-12(11)17(21)22/h5-6,9-12,15H,3-4,7-8H2,1-2H3,(H,19,20)(H,21,22)/t11-,12-,15-/m0/s1. The predicted molar refractivity (Wildman–Crippen MR) is 89.0 cm³/mol. The van der Waals surface area contributed by atoms with E-state index in [1.54, 1.807) is 24.3 Å². The number of rotatable bonds is 6. The maximum absolute atomic E-state index is 12.7. The molecular formula is C18H23NO6. The van der Waals surface area contributed by atoms with Gasteiger partial charge in [-0.05, 0) is 18.9 Å². The second-order valence-electron chi connectivity index (χ2n) is 6.04. The van der Waals surface area contributed by atoms with Crippen LogP contribution in [0.1, 0.15) is 37.3 Å². The zero-order chi connectivity index (χ0) is 18.4. The number of para-hydroxylation sites is 1. The molecule has 0 radical (unpaired) electrons. The van der Waals surface area contributed by atoms with Gasteiger partial charge in [0, 0.05) is 5.56 Å². The first kappa shape index (κ1) is 18.8. The van der Waals surface area contributed by atoms with Gasteiger partial charge in [-0.2, -0.15) is 0 Å². The quantitative estimate of drug-likeness (QED) is 0.761. The van der Waals surface area contributed by atoms with E-state index in [9.17, 15) is 19.5 Å². The monoisotopic (exact) mass is 349 g/mol. The third kappa shape index (κ3) is 4.29. The number of hydrogen-bond acceptors (Lipinski definition) is 5. The second-order valence-corrected chi connectivity index (χ2v) is 6.04. The van der Waals surface area contributed by atoms with Gasteiger partial charge < -0.3 is 19.9 Å². The van der Waals surface area contributed by atoms with Crippen LogP contribution in [-0.4, -0.2) is 37.2 Å². The van der Waals surface area contributed by atoms with Crippen LogP contribution in [0.25, 0.3) is 0 Å². The molecule has 7 heteroatoms. The summed E-state index contributed by atoms with van der Waals surface area (Å²) in [7, 11) is 2.70. The van der Waals surface area contributed by atoms with Crippen molar-refractivity contribution in [2.45, 2.75) is 31.7 Å². The Balaban J connectivity index is 2.26. The largest absolute Gasteiger partial charge is 0.496 e. The number of amides is 1. The molecule has 1 aliphatic rings. The highest BCUT2D eigenvalue weighted by atomic mass is 16.5. The van der Waals surface area contributed by atoms with E-state index in [2.05, 4.69) is 5.32 Å². The minimum absolute atomic E-state index is 0.441. The van der Waals surface area contributed by atoms with E-state index >= 15 is 0 Å². The number of aliphatic carboxylic acids is 1. The van der Waals surface area contributed by atoms with Crippen LogP contribution in [0, 0.1) is 11.8 Å². The lowest BCUT2D eigenvalue weighted by Crippen LogP contribution is -2.43. The summed E-state index contributed by atoms with van der Waals surface area (Å²) >= 11 is 0. The van der Waals surface area contributed by atoms with Crippen LogP contribution in [0.5, 0.6) is 5.75 Å². The van der Waals surface area contributed by atoms with Crippen molar-refractivity contribution >= 4 is 17.8 Å². The summed E-state index contributed by atoms with van der Waals surface area (Å²) in [4.78, 5) is 36.3. The van der Waals surface area contributed by atoms with E-state index in [0.717, 1.165) is 12.8 Å². The van der Waals surface area contributed by atoms with Crippen molar-refractivity contribution in [3.8, 4) is 5.75 Å². The Labute approximate surface area is 146 Å². The zero-order valence-corrected chi connectivity index (χ0v) is 14.4. The first-order valence-corrected chi connectivity index (χ1v) is 8.23. The predicted octanol–water partition coefficient (Wildman–Crippen LogP) is 1.92. The fourth-order valence-electron chi connectivity index (χ4n) is 3.28. The topological polar surface area (TPSA) is 102 Å². The zero-order valence-electron chi connectivity index (χ0n) is 14.4. The molecule has 1 aromatic carbocycles. The third-order valence-electron chi connectivity index (χ3n) is 4.59. The Hall–Kier alpha value is -2.57. The lowest BCUT2D eigenvalue weighted by atomic mass is 9.78. The molecule has 2 N–H and O–H groups in total. The first-order chi connectivity index (χ1) is 12.0. The van der Waals surface area contributed by atoms with Gasteiger partial charge in [0.2, 0.25) is 5.91 Å². The van der Waals surface area contributed by atoms with Gasteiger partial charge in [-0.1, -0.05) is 31.0 Å². The minimum Gasteiger partial charge on any atom is -0.496 e. The Morgan fingerprint density at radius 3 is 2.36 bits per heavy atom. The molecule has 0 saturated heterocycles. The van der Waals surface area contributed by atoms with Crippen LogP contribution in [-0.2, 0) is 19.1 Å². The fraction of sp³-hybridized carbons (Fsp3) is 0.500. The number of methoxy groups -OCH3 is 2. The highest BCUT2D eigenvalue weighted by molar-refractivity contribution is 5.89. The number of ether oxygens (including phenoxy) is 2. The number of carbonyl (C=O) groups excluding carboxylic acids is 2. The van der Waals surface area contributed by atoms with Crippen LogP contribution in [0.3, 0.4) is 0 Å². The van der Waals surface area contributed by atoms with Gasteiger partial charge in [0.25, 0.3) is 0 Å². The van der Waals surface area contributed by atoms with Gasteiger partial charge in [-0.25, -0.2) is 4.79 Å². The van der Waals surface area contributed by atoms with Gasteiger partial charge in [-0.15, -0.1) is 0 Å². The molecule has 0 aromatic heterocycles. The first-order valence-electron chi connectivity index (χ1n) is 8.23. The smallest absolute Gasteiger partial charge is 0.333 e. The lowest BCUT2D eigenvalue weighted by Gasteiger charge is -2.29. The summed E-state index contributed by atoms with van der Waals surface area (Å²) in [5.41, 5.74) is 0.466. The van der Waals surface area contributed by atoms with Crippen LogP contribution in [0.15, 0.2) is 24.3 Å². The van der Waals surface area contributed by atoms with Crippen molar-refractivity contribution in [2.75, 3.05) is 14.2 Å². The van der Waals surface area contributed by atoms with Crippen molar-refractivity contribution in [3.05, 3.63) is 29.8 Å². The van der Waals surface area contributed by atoms with Gasteiger partial charge in [0.15, 0.2) is 6.04 Å². The van der Waals surface area contributed by atoms with E-state index in [4.69, 9.17) is 9.47 Å². The molecule has 0 heterocycles. The average molecular weight is 349 g/mol. The van der Waals surface area contributed by atoms with Gasteiger partial charge in [0.1, 0.15) is 5.75 Å². The van der Waals surface area contributed by atoms with Gasteiger partial charge in [-0.3, -0.25) is 9.59 Å². The molecule has 1 amide bonds. The maximum Gasteiger partial charge on any atom is 0.333 e. The molecule has 0 aliphatic heterocycles. The summed E-state index contributed by atoms with van der Waals surface area (Å²) in [6.07, 6.45) is 2.53. The Kier molecular flexibility index (Phi) is 6.38. The summed E-state index contributed by atoms with van der Waals surface area (Å²) in [6.45, 7) is 0.